The van der Waals surface area contributed by atoms with Gasteiger partial charge in [-0.25, -0.2) is 15.0 Å². The van der Waals surface area contributed by atoms with Gasteiger partial charge in [-0.2, -0.15) is 4.98 Å². The Morgan fingerprint density at radius 3 is 2.38 bits per heavy atom. The smallest absolute Gasteiger partial charge is 0.227 e. The number of fused-ring (bicyclic) bond motifs is 1. The van der Waals surface area contributed by atoms with Crippen molar-refractivity contribution in [1.29, 1.82) is 0 Å². The summed E-state index contributed by atoms with van der Waals surface area (Å²) >= 11 is 0. The Hall–Kier alpha value is -1.82. The number of nitrogens with zero attached hydrogens (tertiary/aromatic N) is 5. The molecule has 2 fully saturated rings. The first-order valence-electron chi connectivity index (χ1n) is 7.58. The lowest BCUT2D eigenvalue weighted by Gasteiger charge is -2.27. The molecular formula is C15H19N5O. The lowest BCUT2D eigenvalue weighted by Crippen LogP contribution is -2.37. The van der Waals surface area contributed by atoms with Crippen LogP contribution in [0, 0.1) is 13.8 Å². The van der Waals surface area contributed by atoms with E-state index < -0.39 is 0 Å². The molecule has 1 aliphatic carbocycles. The predicted octanol–water partition coefficient (Wildman–Crippen LogP) is 1.75. The quantitative estimate of drug-likeness (QED) is 0.837. The highest BCUT2D eigenvalue weighted by Crippen LogP contribution is 2.41. The summed E-state index contributed by atoms with van der Waals surface area (Å²) in [6.45, 7) is 7.13. The molecule has 1 saturated carbocycles. The summed E-state index contributed by atoms with van der Waals surface area (Å²) in [5.41, 5.74) is 4.61. The molecule has 0 spiro atoms. The van der Waals surface area contributed by atoms with Gasteiger partial charge in [-0.05, 0) is 26.7 Å². The first kappa shape index (κ1) is 12.9. The minimum atomic E-state index is 0.534. The molecule has 3 heterocycles. The van der Waals surface area contributed by atoms with E-state index in [4.69, 9.17) is 14.7 Å². The van der Waals surface area contributed by atoms with E-state index in [9.17, 15) is 0 Å². The SMILES string of the molecule is Cc1nc2nc(N3CCOCC3)nc(C3CC3)c2nc1C. The fourth-order valence-electron chi connectivity index (χ4n) is 2.67. The lowest BCUT2D eigenvalue weighted by molar-refractivity contribution is 0.122. The summed E-state index contributed by atoms with van der Waals surface area (Å²) < 4.78 is 5.41. The van der Waals surface area contributed by atoms with Gasteiger partial charge < -0.3 is 9.64 Å². The number of aromatic nitrogens is 4. The molecule has 21 heavy (non-hydrogen) atoms. The molecule has 0 atom stereocenters. The molecule has 0 unspecified atom stereocenters. The van der Waals surface area contributed by atoms with Crippen LogP contribution in [0.25, 0.3) is 11.2 Å². The van der Waals surface area contributed by atoms with E-state index in [1.54, 1.807) is 0 Å². The van der Waals surface area contributed by atoms with Crippen molar-refractivity contribution in [3.8, 4) is 0 Å². The van der Waals surface area contributed by atoms with Gasteiger partial charge in [-0.1, -0.05) is 0 Å². The number of ether oxygens (including phenoxy) is 1. The largest absolute Gasteiger partial charge is 0.378 e. The van der Waals surface area contributed by atoms with Gasteiger partial charge in [0.15, 0.2) is 5.65 Å². The van der Waals surface area contributed by atoms with Crippen LogP contribution >= 0.6 is 0 Å². The maximum atomic E-state index is 5.41. The van der Waals surface area contributed by atoms with Gasteiger partial charge in [-0.15, -0.1) is 0 Å². The van der Waals surface area contributed by atoms with Crippen molar-refractivity contribution in [2.24, 2.45) is 0 Å². The van der Waals surface area contributed by atoms with Crippen molar-refractivity contribution in [3.05, 3.63) is 17.1 Å². The van der Waals surface area contributed by atoms with Gasteiger partial charge in [-0.3, -0.25) is 0 Å². The van der Waals surface area contributed by atoms with Gasteiger partial charge in [0.05, 0.1) is 30.3 Å². The van der Waals surface area contributed by atoms with E-state index in [0.29, 0.717) is 5.92 Å². The Morgan fingerprint density at radius 1 is 0.952 bits per heavy atom. The zero-order chi connectivity index (χ0) is 14.4. The van der Waals surface area contributed by atoms with Gasteiger partial charge in [0, 0.05) is 19.0 Å². The highest BCUT2D eigenvalue weighted by Gasteiger charge is 2.30. The topological polar surface area (TPSA) is 64.0 Å². The number of hydrogen-bond donors (Lipinski definition) is 0. The van der Waals surface area contributed by atoms with Gasteiger partial charge >= 0.3 is 0 Å². The number of hydrogen-bond acceptors (Lipinski definition) is 6. The predicted molar refractivity (Wildman–Crippen MR) is 79.6 cm³/mol. The van der Waals surface area contributed by atoms with Gasteiger partial charge in [0.2, 0.25) is 5.95 Å². The van der Waals surface area contributed by atoms with Crippen LogP contribution in [0.3, 0.4) is 0 Å². The second kappa shape index (κ2) is 4.87. The second-order valence-corrected chi connectivity index (χ2v) is 5.85. The van der Waals surface area contributed by atoms with Crippen LogP contribution in [-0.2, 0) is 4.74 Å². The van der Waals surface area contributed by atoms with E-state index in [1.165, 1.54) is 12.8 Å². The molecule has 0 bridgehead atoms. The van der Waals surface area contributed by atoms with Crippen LogP contribution < -0.4 is 4.90 Å². The van der Waals surface area contributed by atoms with E-state index in [1.807, 2.05) is 13.8 Å². The number of aryl methyl sites for hydroxylation is 2. The third-order valence-electron chi connectivity index (χ3n) is 4.22. The van der Waals surface area contributed by atoms with Crippen LogP contribution in [0.5, 0.6) is 0 Å². The summed E-state index contributed by atoms with van der Waals surface area (Å²) in [7, 11) is 0. The summed E-state index contributed by atoms with van der Waals surface area (Å²) in [6, 6.07) is 0. The summed E-state index contributed by atoms with van der Waals surface area (Å²) in [6.07, 6.45) is 2.40. The van der Waals surface area contributed by atoms with Crippen molar-refractivity contribution < 1.29 is 4.74 Å². The molecule has 0 amide bonds. The van der Waals surface area contributed by atoms with Crippen molar-refractivity contribution in [1.82, 2.24) is 19.9 Å². The van der Waals surface area contributed by atoms with E-state index in [2.05, 4.69) is 14.9 Å². The highest BCUT2D eigenvalue weighted by atomic mass is 16.5. The Balaban J connectivity index is 1.86. The highest BCUT2D eigenvalue weighted by molar-refractivity contribution is 5.75. The number of rotatable bonds is 2. The molecule has 0 aromatic carbocycles. The summed E-state index contributed by atoms with van der Waals surface area (Å²) in [4.78, 5) is 21.0. The van der Waals surface area contributed by atoms with Crippen molar-refractivity contribution in [2.75, 3.05) is 31.2 Å². The molecule has 1 saturated heterocycles. The van der Waals surface area contributed by atoms with Crippen LogP contribution in [-0.4, -0.2) is 46.2 Å². The molecule has 2 aromatic heterocycles. The van der Waals surface area contributed by atoms with Crippen molar-refractivity contribution >= 4 is 17.1 Å². The monoisotopic (exact) mass is 285 g/mol. The molecule has 0 radical (unpaired) electrons. The third kappa shape index (κ3) is 2.33. The minimum absolute atomic E-state index is 0.534. The second-order valence-electron chi connectivity index (χ2n) is 5.85. The average molecular weight is 285 g/mol. The molecule has 4 rings (SSSR count). The normalized spacial score (nSPS) is 19.2. The van der Waals surface area contributed by atoms with Crippen molar-refractivity contribution in [2.45, 2.75) is 32.6 Å². The Labute approximate surface area is 123 Å². The fraction of sp³-hybridized carbons (Fsp3) is 0.600. The summed E-state index contributed by atoms with van der Waals surface area (Å²) in [5.74, 6) is 1.32. The summed E-state index contributed by atoms with van der Waals surface area (Å²) in [5, 5.41) is 0. The van der Waals surface area contributed by atoms with Crippen LogP contribution in [0.4, 0.5) is 5.95 Å². The maximum absolute atomic E-state index is 5.41. The van der Waals surface area contributed by atoms with E-state index in [0.717, 1.165) is 60.5 Å². The molecular weight excluding hydrogens is 266 g/mol. The fourth-order valence-corrected chi connectivity index (χ4v) is 2.67. The zero-order valence-electron chi connectivity index (χ0n) is 12.5. The number of anilines is 1. The minimum Gasteiger partial charge on any atom is -0.378 e. The first-order chi connectivity index (χ1) is 10.2. The molecule has 110 valence electrons. The Morgan fingerprint density at radius 2 is 1.67 bits per heavy atom. The molecule has 6 heteroatoms. The molecule has 6 nitrogen and oxygen atoms in total. The van der Waals surface area contributed by atoms with Crippen LogP contribution in [0.1, 0.15) is 35.8 Å². The van der Waals surface area contributed by atoms with Gasteiger partial charge in [0.1, 0.15) is 5.52 Å². The maximum Gasteiger partial charge on any atom is 0.227 e. The number of morpholine rings is 1. The lowest BCUT2D eigenvalue weighted by atomic mass is 10.2. The molecule has 0 N–H and O–H groups in total. The van der Waals surface area contributed by atoms with E-state index in [-0.39, 0.29) is 0 Å². The zero-order valence-corrected chi connectivity index (χ0v) is 12.5. The van der Waals surface area contributed by atoms with Crippen molar-refractivity contribution in [3.63, 3.8) is 0 Å². The van der Waals surface area contributed by atoms with Gasteiger partial charge in [0.25, 0.3) is 0 Å². The average Bonchev–Trinajstić information content (AvgIpc) is 3.33. The standard InChI is InChI=1S/C15H19N5O/c1-9-10(2)17-14-13(16-9)12(11-3-4-11)18-15(19-14)20-5-7-21-8-6-20/h11H,3-8H2,1-2H3. The molecule has 2 aliphatic rings. The third-order valence-corrected chi connectivity index (χ3v) is 4.22. The molecule has 1 aliphatic heterocycles. The Bertz CT molecular complexity index is 692. The molecule has 2 aromatic rings. The van der Waals surface area contributed by atoms with Crippen LogP contribution in [0.15, 0.2) is 0 Å². The first-order valence-corrected chi connectivity index (χ1v) is 7.58. The van der Waals surface area contributed by atoms with Crippen LogP contribution in [0.2, 0.25) is 0 Å². The van der Waals surface area contributed by atoms with E-state index >= 15 is 0 Å². The Kier molecular flexibility index (Phi) is 2.99.